The molecule has 1 N–H and O–H groups in total. The van der Waals surface area contributed by atoms with Crippen molar-refractivity contribution in [3.8, 4) is 0 Å². The standard InChI is InChI=1S/C19H20N2O8S/c1-2-29-18(22)13-20(17(19(23)24)12-14-6-4-3-5-7-14)30(27,28)16-10-8-15(9-11-16)21(25)26/h3-11,17H,2,12-13H2,1H3,(H,23,24). The van der Waals surface area contributed by atoms with Gasteiger partial charge in [-0.1, -0.05) is 30.3 Å². The number of carboxylic acids is 1. The molecule has 0 heterocycles. The van der Waals surface area contributed by atoms with Gasteiger partial charge in [0.05, 0.1) is 16.4 Å². The third-order valence-corrected chi connectivity index (χ3v) is 6.02. The quantitative estimate of drug-likeness (QED) is 0.337. The van der Waals surface area contributed by atoms with Crippen LogP contribution in [0, 0.1) is 10.1 Å². The van der Waals surface area contributed by atoms with Crippen LogP contribution in [0.15, 0.2) is 59.5 Å². The highest BCUT2D eigenvalue weighted by Gasteiger charge is 2.38. The zero-order chi connectivity index (χ0) is 22.3. The number of esters is 1. The number of carbonyl (C=O) groups excluding carboxylic acids is 1. The Balaban J connectivity index is 2.49. The summed E-state index contributed by atoms with van der Waals surface area (Å²) >= 11 is 0. The van der Waals surface area contributed by atoms with Gasteiger partial charge < -0.3 is 9.84 Å². The Hall–Kier alpha value is -3.31. The van der Waals surface area contributed by atoms with Crippen molar-refractivity contribution in [3.05, 3.63) is 70.3 Å². The predicted molar refractivity (Wildman–Crippen MR) is 105 cm³/mol. The fraction of sp³-hybridized carbons (Fsp3) is 0.263. The summed E-state index contributed by atoms with van der Waals surface area (Å²) in [4.78, 5) is 33.8. The number of nitrogens with zero attached hydrogens (tertiary/aromatic N) is 2. The first kappa shape index (κ1) is 23.0. The minimum absolute atomic E-state index is 0.0132. The number of carboxylic acid groups (broad SMARTS) is 1. The van der Waals surface area contributed by atoms with E-state index in [0.717, 1.165) is 24.3 Å². The van der Waals surface area contributed by atoms with Crippen molar-refractivity contribution in [3.63, 3.8) is 0 Å². The fourth-order valence-electron chi connectivity index (χ4n) is 2.72. The van der Waals surface area contributed by atoms with E-state index in [0.29, 0.717) is 9.87 Å². The van der Waals surface area contributed by atoms with E-state index in [1.165, 1.54) is 6.92 Å². The van der Waals surface area contributed by atoms with Gasteiger partial charge in [0, 0.05) is 12.1 Å². The van der Waals surface area contributed by atoms with Crippen LogP contribution >= 0.6 is 0 Å². The molecule has 0 amide bonds. The van der Waals surface area contributed by atoms with Crippen molar-refractivity contribution < 1.29 is 32.8 Å². The van der Waals surface area contributed by atoms with Crippen LogP contribution in [0.2, 0.25) is 0 Å². The largest absolute Gasteiger partial charge is 0.480 e. The number of ether oxygens (including phenoxy) is 1. The van der Waals surface area contributed by atoms with Gasteiger partial charge in [-0.15, -0.1) is 0 Å². The second-order valence-corrected chi connectivity index (χ2v) is 8.04. The maximum Gasteiger partial charge on any atom is 0.322 e. The van der Waals surface area contributed by atoms with Crippen molar-refractivity contribution >= 4 is 27.6 Å². The van der Waals surface area contributed by atoms with Gasteiger partial charge in [-0.25, -0.2) is 8.42 Å². The van der Waals surface area contributed by atoms with Crippen LogP contribution in [0.5, 0.6) is 0 Å². The highest BCUT2D eigenvalue weighted by Crippen LogP contribution is 2.23. The van der Waals surface area contributed by atoms with Gasteiger partial charge >= 0.3 is 11.9 Å². The molecule has 0 radical (unpaired) electrons. The molecule has 0 saturated carbocycles. The van der Waals surface area contributed by atoms with E-state index in [-0.39, 0.29) is 23.6 Å². The smallest absolute Gasteiger partial charge is 0.322 e. The lowest BCUT2D eigenvalue weighted by Crippen LogP contribution is -2.48. The molecule has 2 aromatic rings. The van der Waals surface area contributed by atoms with Crippen LogP contribution in [0.25, 0.3) is 0 Å². The number of hydrogen-bond donors (Lipinski definition) is 1. The number of hydrogen-bond acceptors (Lipinski definition) is 7. The third kappa shape index (κ3) is 5.61. The monoisotopic (exact) mass is 436 g/mol. The summed E-state index contributed by atoms with van der Waals surface area (Å²) in [7, 11) is -4.49. The van der Waals surface area contributed by atoms with E-state index in [2.05, 4.69) is 0 Å². The first-order chi connectivity index (χ1) is 14.2. The molecule has 0 aliphatic heterocycles. The molecule has 160 valence electrons. The van der Waals surface area contributed by atoms with Crippen molar-refractivity contribution in [2.45, 2.75) is 24.3 Å². The third-order valence-electron chi connectivity index (χ3n) is 4.15. The normalized spacial score (nSPS) is 12.3. The SMILES string of the molecule is CCOC(=O)CN(C(Cc1ccccc1)C(=O)O)S(=O)(=O)c1ccc([N+](=O)[O-])cc1. The molecule has 1 unspecified atom stereocenters. The molecule has 0 aliphatic carbocycles. The zero-order valence-corrected chi connectivity index (χ0v) is 16.8. The number of benzene rings is 2. The molecule has 11 heteroatoms. The summed E-state index contributed by atoms with van der Waals surface area (Å²) in [5.41, 5.74) is 0.225. The summed E-state index contributed by atoms with van der Waals surface area (Å²) in [6.45, 7) is 0.698. The molecule has 2 aromatic carbocycles. The summed E-state index contributed by atoms with van der Waals surface area (Å²) in [6.07, 6.45) is -0.193. The van der Waals surface area contributed by atoms with Crippen molar-refractivity contribution in [1.29, 1.82) is 0 Å². The van der Waals surface area contributed by atoms with E-state index in [4.69, 9.17) is 4.74 Å². The fourth-order valence-corrected chi connectivity index (χ4v) is 4.25. The van der Waals surface area contributed by atoms with E-state index in [1.807, 2.05) is 0 Å². The molecule has 10 nitrogen and oxygen atoms in total. The van der Waals surface area contributed by atoms with E-state index in [1.54, 1.807) is 30.3 Å². The van der Waals surface area contributed by atoms with Crippen LogP contribution in [0.4, 0.5) is 5.69 Å². The lowest BCUT2D eigenvalue weighted by atomic mass is 10.1. The zero-order valence-electron chi connectivity index (χ0n) is 16.0. The van der Waals surface area contributed by atoms with Crippen LogP contribution in [-0.4, -0.2) is 53.9 Å². The highest BCUT2D eigenvalue weighted by atomic mass is 32.2. The van der Waals surface area contributed by atoms with Crippen molar-refractivity contribution in [1.82, 2.24) is 4.31 Å². The van der Waals surface area contributed by atoms with Gasteiger partial charge in [0.15, 0.2) is 0 Å². The Morgan fingerprint density at radius 1 is 1.13 bits per heavy atom. The van der Waals surface area contributed by atoms with Crippen LogP contribution in [0.3, 0.4) is 0 Å². The number of nitro benzene ring substituents is 1. The van der Waals surface area contributed by atoms with E-state index in [9.17, 15) is 33.2 Å². The van der Waals surface area contributed by atoms with Crippen molar-refractivity contribution in [2.24, 2.45) is 0 Å². The molecular formula is C19H20N2O8S. The maximum absolute atomic E-state index is 13.2. The first-order valence-corrected chi connectivity index (χ1v) is 10.3. The molecule has 0 bridgehead atoms. The van der Waals surface area contributed by atoms with Gasteiger partial charge in [-0.05, 0) is 31.0 Å². The molecule has 0 spiro atoms. The second-order valence-electron chi connectivity index (χ2n) is 6.15. The molecule has 30 heavy (non-hydrogen) atoms. The number of rotatable bonds is 10. The Kier molecular flexibility index (Phi) is 7.61. The molecule has 1 atom stereocenters. The average molecular weight is 436 g/mol. The second kappa shape index (κ2) is 9.94. The molecule has 0 saturated heterocycles. The topological polar surface area (TPSA) is 144 Å². The van der Waals surface area contributed by atoms with E-state index < -0.39 is 39.5 Å². The average Bonchev–Trinajstić information content (AvgIpc) is 2.71. The number of non-ortho nitro benzene ring substituents is 1. The lowest BCUT2D eigenvalue weighted by molar-refractivity contribution is -0.384. The molecule has 0 aromatic heterocycles. The molecule has 0 aliphatic rings. The molecular weight excluding hydrogens is 416 g/mol. The summed E-state index contributed by atoms with van der Waals surface area (Å²) in [6, 6.07) is 10.7. The van der Waals surface area contributed by atoms with Gasteiger partial charge in [-0.3, -0.25) is 19.7 Å². The summed E-state index contributed by atoms with van der Waals surface area (Å²) in [5.74, 6) is -2.36. The number of carbonyl (C=O) groups is 2. The van der Waals surface area contributed by atoms with Gasteiger partial charge in [0.1, 0.15) is 12.6 Å². The van der Waals surface area contributed by atoms with Gasteiger partial charge in [0.25, 0.3) is 5.69 Å². The van der Waals surface area contributed by atoms with Crippen LogP contribution in [-0.2, 0) is 30.8 Å². The Labute approximate surface area is 172 Å². The van der Waals surface area contributed by atoms with Crippen molar-refractivity contribution in [2.75, 3.05) is 13.2 Å². The van der Waals surface area contributed by atoms with Gasteiger partial charge in [0.2, 0.25) is 10.0 Å². The number of aliphatic carboxylic acids is 1. The molecule has 2 rings (SSSR count). The first-order valence-electron chi connectivity index (χ1n) is 8.85. The Morgan fingerprint density at radius 2 is 1.73 bits per heavy atom. The van der Waals surface area contributed by atoms with Crippen LogP contribution < -0.4 is 0 Å². The predicted octanol–water partition coefficient (Wildman–Crippen LogP) is 1.84. The highest BCUT2D eigenvalue weighted by molar-refractivity contribution is 7.89. The summed E-state index contributed by atoms with van der Waals surface area (Å²) in [5, 5.41) is 20.5. The van der Waals surface area contributed by atoms with E-state index >= 15 is 0 Å². The van der Waals surface area contributed by atoms with Gasteiger partial charge in [-0.2, -0.15) is 4.31 Å². The minimum atomic E-state index is -4.49. The Bertz CT molecular complexity index is 1010. The maximum atomic E-state index is 13.2. The Morgan fingerprint density at radius 3 is 2.23 bits per heavy atom. The van der Waals surface area contributed by atoms with Crippen LogP contribution in [0.1, 0.15) is 12.5 Å². The number of nitro groups is 1. The molecule has 0 fully saturated rings. The number of sulfonamides is 1. The lowest BCUT2D eigenvalue weighted by Gasteiger charge is -2.27. The summed E-state index contributed by atoms with van der Waals surface area (Å²) < 4.78 is 31.7. The minimum Gasteiger partial charge on any atom is -0.480 e.